The maximum atomic E-state index is 11.4. The predicted octanol–water partition coefficient (Wildman–Crippen LogP) is 4.86. The Labute approximate surface area is 189 Å². The number of carbonyl (C=O) groups excluding carboxylic acids is 1. The number of ether oxygens (including phenoxy) is 1. The van der Waals surface area contributed by atoms with E-state index < -0.39 is 0 Å². The molecule has 0 radical (unpaired) electrons. The summed E-state index contributed by atoms with van der Waals surface area (Å²) in [5.74, 6) is 1.77. The van der Waals surface area contributed by atoms with E-state index in [1.54, 1.807) is 13.1 Å². The lowest BCUT2D eigenvalue weighted by molar-refractivity contribution is -0.120. The number of hydrogen-bond donors (Lipinski definition) is 1. The highest BCUT2D eigenvalue weighted by Crippen LogP contribution is 2.38. The summed E-state index contributed by atoms with van der Waals surface area (Å²) >= 11 is 1.48. The molecule has 2 bridgehead atoms. The van der Waals surface area contributed by atoms with Crippen LogP contribution in [0.5, 0.6) is 10.9 Å². The number of nitrogens with one attached hydrogen (secondary N) is 1. The van der Waals surface area contributed by atoms with Crippen LogP contribution in [0.15, 0.2) is 47.0 Å². The van der Waals surface area contributed by atoms with Gasteiger partial charge < -0.3 is 14.5 Å². The number of rotatable bonds is 5. The summed E-state index contributed by atoms with van der Waals surface area (Å²) in [7, 11) is 0. The topological polar surface area (TPSA) is 80.5 Å². The summed E-state index contributed by atoms with van der Waals surface area (Å²) in [5, 5.41) is 4.72. The third-order valence-electron chi connectivity index (χ3n) is 6.52. The Bertz CT molecular complexity index is 1250. The van der Waals surface area contributed by atoms with Gasteiger partial charge in [0.1, 0.15) is 17.1 Å². The molecule has 7 nitrogen and oxygen atoms in total. The fraction of sp³-hybridized carbons (Fsp3) is 0.375. The number of hydrogen-bond acceptors (Lipinski definition) is 7. The summed E-state index contributed by atoms with van der Waals surface area (Å²) in [6, 6.07) is 13.2. The highest BCUT2D eigenvalue weighted by molar-refractivity contribution is 7.20. The minimum absolute atomic E-state index is 0.0697. The molecule has 3 atom stereocenters. The Kier molecular flexibility index (Phi) is 4.84. The molecular formula is C24H24N4O3S. The van der Waals surface area contributed by atoms with Crippen molar-refractivity contribution < 1.29 is 13.9 Å². The molecule has 1 aromatic carbocycles. The van der Waals surface area contributed by atoms with Crippen molar-refractivity contribution in [1.82, 2.24) is 20.2 Å². The van der Waals surface area contributed by atoms with Crippen LogP contribution in [-0.2, 0) is 11.3 Å². The van der Waals surface area contributed by atoms with Crippen molar-refractivity contribution in [3.63, 3.8) is 0 Å². The lowest BCUT2D eigenvalue weighted by Crippen LogP contribution is -2.49. The van der Waals surface area contributed by atoms with Crippen LogP contribution >= 0.6 is 11.3 Å². The fourth-order valence-corrected chi connectivity index (χ4v) is 6.02. The van der Waals surface area contributed by atoms with Gasteiger partial charge in [-0.15, -0.1) is 0 Å². The van der Waals surface area contributed by atoms with Gasteiger partial charge in [-0.2, -0.15) is 4.98 Å². The molecular weight excluding hydrogens is 424 g/mol. The number of pyridine rings is 1. The van der Waals surface area contributed by atoms with Crippen LogP contribution in [0, 0.1) is 0 Å². The van der Waals surface area contributed by atoms with Crippen molar-refractivity contribution in [1.29, 1.82) is 0 Å². The fourth-order valence-electron chi connectivity index (χ4n) is 5.23. The van der Waals surface area contributed by atoms with E-state index in [1.165, 1.54) is 24.2 Å². The van der Waals surface area contributed by atoms with Gasteiger partial charge in [0.25, 0.3) is 5.19 Å². The predicted molar refractivity (Wildman–Crippen MR) is 123 cm³/mol. The van der Waals surface area contributed by atoms with Gasteiger partial charge in [-0.3, -0.25) is 9.69 Å². The molecule has 4 aromatic rings. The smallest absolute Gasteiger partial charge is 0.281 e. The van der Waals surface area contributed by atoms with E-state index in [4.69, 9.17) is 9.15 Å². The third kappa shape index (κ3) is 3.73. The number of piperidine rings is 1. The van der Waals surface area contributed by atoms with Gasteiger partial charge in [0.15, 0.2) is 5.65 Å². The Morgan fingerprint density at radius 2 is 2.09 bits per heavy atom. The van der Waals surface area contributed by atoms with Gasteiger partial charge in [0, 0.05) is 36.6 Å². The minimum atomic E-state index is 0.0697. The summed E-state index contributed by atoms with van der Waals surface area (Å²) < 4.78 is 13.2. The van der Waals surface area contributed by atoms with E-state index in [0.717, 1.165) is 46.6 Å². The van der Waals surface area contributed by atoms with Gasteiger partial charge >= 0.3 is 0 Å². The quantitative estimate of drug-likeness (QED) is 0.470. The van der Waals surface area contributed by atoms with Crippen LogP contribution < -0.4 is 10.1 Å². The summed E-state index contributed by atoms with van der Waals surface area (Å²) in [6.07, 6.45) is 6.15. The molecule has 2 saturated heterocycles. The van der Waals surface area contributed by atoms with Gasteiger partial charge in [-0.1, -0.05) is 11.3 Å². The Morgan fingerprint density at radius 3 is 2.88 bits per heavy atom. The number of fused-ring (bicyclic) bond motifs is 4. The average Bonchev–Trinajstić information content (AvgIpc) is 3.41. The lowest BCUT2D eigenvalue weighted by atomic mass is 9.97. The van der Waals surface area contributed by atoms with Crippen LogP contribution in [-0.4, -0.2) is 38.9 Å². The second-order valence-electron chi connectivity index (χ2n) is 8.75. The first-order chi connectivity index (χ1) is 15.6. The molecule has 5 heterocycles. The first-order valence-corrected chi connectivity index (χ1v) is 11.9. The van der Waals surface area contributed by atoms with Crippen LogP contribution in [0.3, 0.4) is 0 Å². The van der Waals surface area contributed by atoms with Crippen molar-refractivity contribution in [2.75, 3.05) is 0 Å². The highest BCUT2D eigenvalue weighted by atomic mass is 32.1. The molecule has 1 amide bonds. The van der Waals surface area contributed by atoms with E-state index in [2.05, 4.69) is 26.3 Å². The maximum Gasteiger partial charge on any atom is 0.281 e. The van der Waals surface area contributed by atoms with E-state index >= 15 is 0 Å². The second-order valence-corrected chi connectivity index (χ2v) is 9.74. The zero-order valence-corrected chi connectivity index (χ0v) is 18.6. The molecule has 1 N–H and O–H groups in total. The molecule has 2 aliphatic heterocycles. The maximum absolute atomic E-state index is 11.4. The first kappa shape index (κ1) is 19.7. The Hall–Kier alpha value is -2.97. The molecule has 0 spiro atoms. The minimum Gasteiger partial charge on any atom is -0.460 e. The number of benzene rings is 1. The highest BCUT2D eigenvalue weighted by Gasteiger charge is 2.41. The van der Waals surface area contributed by atoms with E-state index in [-0.39, 0.29) is 5.91 Å². The number of nitrogens with zero attached hydrogens (tertiary/aromatic N) is 3. The number of thiazole rings is 1. The molecule has 3 aromatic heterocycles. The van der Waals surface area contributed by atoms with Gasteiger partial charge in [-0.05, 0) is 62.1 Å². The van der Waals surface area contributed by atoms with E-state index in [1.807, 2.05) is 30.3 Å². The summed E-state index contributed by atoms with van der Waals surface area (Å²) in [4.78, 5) is 22.7. The number of carbonyl (C=O) groups is 1. The first-order valence-electron chi connectivity index (χ1n) is 11.1. The lowest BCUT2D eigenvalue weighted by Gasteiger charge is -2.38. The largest absolute Gasteiger partial charge is 0.460 e. The summed E-state index contributed by atoms with van der Waals surface area (Å²) in [6.45, 7) is 2.41. The van der Waals surface area contributed by atoms with E-state index in [9.17, 15) is 4.79 Å². The number of furan rings is 1. The van der Waals surface area contributed by atoms with Gasteiger partial charge in [0.2, 0.25) is 5.91 Å². The molecule has 2 unspecified atom stereocenters. The van der Waals surface area contributed by atoms with E-state index in [0.29, 0.717) is 29.0 Å². The van der Waals surface area contributed by atoms with Gasteiger partial charge in [-0.25, -0.2) is 4.98 Å². The Morgan fingerprint density at radius 1 is 1.25 bits per heavy atom. The van der Waals surface area contributed by atoms with Crippen molar-refractivity contribution in [3.05, 3.63) is 48.4 Å². The van der Waals surface area contributed by atoms with Gasteiger partial charge in [0.05, 0.1) is 11.2 Å². The molecule has 8 heteroatoms. The Balaban J connectivity index is 1.17. The molecule has 32 heavy (non-hydrogen) atoms. The van der Waals surface area contributed by atoms with Crippen molar-refractivity contribution in [3.8, 4) is 10.9 Å². The number of aromatic nitrogens is 2. The molecule has 6 rings (SSSR count). The molecule has 2 aliphatic rings. The zero-order chi connectivity index (χ0) is 21.7. The molecule has 0 saturated carbocycles. The summed E-state index contributed by atoms with van der Waals surface area (Å²) in [5.41, 5.74) is 1.56. The molecule has 164 valence electrons. The van der Waals surface area contributed by atoms with Crippen molar-refractivity contribution in [2.24, 2.45) is 0 Å². The molecule has 0 aliphatic carbocycles. The van der Waals surface area contributed by atoms with Crippen molar-refractivity contribution in [2.45, 2.75) is 57.3 Å². The zero-order valence-electron chi connectivity index (χ0n) is 17.8. The number of amides is 1. The van der Waals surface area contributed by atoms with Crippen LogP contribution in [0.4, 0.5) is 0 Å². The van der Waals surface area contributed by atoms with Crippen molar-refractivity contribution >= 4 is 38.6 Å². The monoisotopic (exact) mass is 448 g/mol. The normalized spacial score (nSPS) is 23.1. The third-order valence-corrected chi connectivity index (χ3v) is 7.41. The second kappa shape index (κ2) is 7.86. The standard InChI is InChI=1S/C24H24N4O3S/c1-14(29)26-16-11-17-4-5-18(12-16)28(17)13-20-10-15-9-19(6-7-21(15)30-20)31-24-27-23-22(32-24)3-2-8-25-23/h2-3,6-10,16-18H,4-5,11-13H2,1H3,(H,26,29)/t16?,17-,18?/m1/s1. The van der Waals surface area contributed by atoms with Crippen LogP contribution in [0.1, 0.15) is 38.4 Å². The van der Waals surface area contributed by atoms with Crippen LogP contribution in [0.25, 0.3) is 21.3 Å². The SMILES string of the molecule is CC(=O)NC1CC2CC[C@H](C1)N2Cc1cc2cc(Oc3nc4ncccc4s3)ccc2o1. The average molecular weight is 449 g/mol. The molecule has 2 fully saturated rings. The van der Waals surface area contributed by atoms with Crippen LogP contribution in [0.2, 0.25) is 0 Å².